The summed E-state index contributed by atoms with van der Waals surface area (Å²) in [6, 6.07) is 8.75. The van der Waals surface area contributed by atoms with Crippen molar-refractivity contribution in [2.24, 2.45) is 0 Å². The molecule has 1 heterocycles. The molecule has 1 saturated heterocycles. The zero-order valence-electron chi connectivity index (χ0n) is 12.0. The van der Waals surface area contributed by atoms with Gasteiger partial charge in [0.05, 0.1) is 6.26 Å². The van der Waals surface area contributed by atoms with Crippen LogP contribution in [0.3, 0.4) is 0 Å². The van der Waals surface area contributed by atoms with Crippen LogP contribution in [-0.4, -0.2) is 31.1 Å². The molecule has 3 nitrogen and oxygen atoms in total. The predicted octanol–water partition coefficient (Wildman–Crippen LogP) is 2.53. The second-order valence-electron chi connectivity index (χ2n) is 5.35. The van der Waals surface area contributed by atoms with Gasteiger partial charge in [-0.15, -0.1) is 0 Å². The van der Waals surface area contributed by atoms with E-state index in [1.165, 1.54) is 16.7 Å². The Bertz CT molecular complexity index is 401. The van der Waals surface area contributed by atoms with Gasteiger partial charge in [-0.25, -0.2) is 0 Å². The molecule has 0 aromatic heterocycles. The summed E-state index contributed by atoms with van der Waals surface area (Å²) in [6.45, 7) is 10.3. The minimum absolute atomic E-state index is 0.652. The lowest BCUT2D eigenvalue weighted by atomic mass is 10.1. The highest BCUT2D eigenvalue weighted by Crippen LogP contribution is 2.09. The molecule has 1 aliphatic heterocycles. The molecule has 0 bridgehead atoms. The van der Waals surface area contributed by atoms with Crippen molar-refractivity contribution in [2.75, 3.05) is 26.2 Å². The maximum Gasteiger partial charge on any atom is 0.112 e. The first-order chi connectivity index (χ1) is 9.24. The van der Waals surface area contributed by atoms with Crippen molar-refractivity contribution in [1.29, 1.82) is 0 Å². The van der Waals surface area contributed by atoms with E-state index in [1.54, 1.807) is 0 Å². The van der Waals surface area contributed by atoms with Crippen LogP contribution in [0.25, 0.3) is 0 Å². The number of allylic oxidation sites excluding steroid dienone is 1. The number of nitrogens with one attached hydrogen (secondary N) is 1. The quantitative estimate of drug-likeness (QED) is 0.823. The summed E-state index contributed by atoms with van der Waals surface area (Å²) in [7, 11) is 0. The minimum atomic E-state index is 0.652. The molecule has 0 aliphatic carbocycles. The van der Waals surface area contributed by atoms with Crippen LogP contribution in [0.4, 0.5) is 0 Å². The van der Waals surface area contributed by atoms with Crippen LogP contribution in [0, 0.1) is 0 Å². The van der Waals surface area contributed by atoms with Crippen LogP contribution in [0.15, 0.2) is 36.1 Å². The highest BCUT2D eigenvalue weighted by atomic mass is 16.5. The maximum absolute atomic E-state index is 5.49. The highest BCUT2D eigenvalue weighted by Gasteiger charge is 2.09. The van der Waals surface area contributed by atoms with E-state index in [0.717, 1.165) is 32.7 Å². The second kappa shape index (κ2) is 7.31. The molecule has 1 aliphatic rings. The van der Waals surface area contributed by atoms with E-state index < -0.39 is 0 Å². The summed E-state index contributed by atoms with van der Waals surface area (Å²) in [4.78, 5) is 2.49. The normalized spacial score (nSPS) is 16.1. The molecule has 0 amide bonds. The van der Waals surface area contributed by atoms with Crippen molar-refractivity contribution in [3.8, 4) is 0 Å². The summed E-state index contributed by atoms with van der Waals surface area (Å²) < 4.78 is 5.49. The van der Waals surface area contributed by atoms with Crippen molar-refractivity contribution in [1.82, 2.24) is 10.2 Å². The summed E-state index contributed by atoms with van der Waals surface area (Å²) in [5, 5.41) is 3.38. The van der Waals surface area contributed by atoms with Crippen LogP contribution in [0.5, 0.6) is 0 Å². The van der Waals surface area contributed by atoms with Gasteiger partial charge in [-0.3, -0.25) is 4.90 Å². The molecular formula is C16H24N2O. The number of piperazine rings is 1. The number of ether oxygens (including phenoxy) is 1. The molecular weight excluding hydrogens is 236 g/mol. The standard InChI is InChI=1S/C16H24N2O/c1-14(2)12-19-13-16-5-3-15(4-6-16)11-18-9-7-17-8-10-18/h3-6,12,17H,7-11,13H2,1-2H3. The van der Waals surface area contributed by atoms with E-state index >= 15 is 0 Å². The predicted molar refractivity (Wildman–Crippen MR) is 78.8 cm³/mol. The number of benzene rings is 1. The molecule has 3 heteroatoms. The van der Waals surface area contributed by atoms with Gasteiger partial charge >= 0.3 is 0 Å². The highest BCUT2D eigenvalue weighted by molar-refractivity contribution is 5.22. The van der Waals surface area contributed by atoms with Crippen LogP contribution >= 0.6 is 0 Å². The third-order valence-electron chi connectivity index (χ3n) is 3.21. The molecule has 0 spiro atoms. The Balaban J connectivity index is 1.82. The summed E-state index contributed by atoms with van der Waals surface area (Å²) >= 11 is 0. The molecule has 0 radical (unpaired) electrons. The second-order valence-corrected chi connectivity index (χ2v) is 5.35. The third kappa shape index (κ3) is 5.05. The van der Waals surface area contributed by atoms with Gasteiger partial charge in [0.15, 0.2) is 0 Å². The average molecular weight is 260 g/mol. The van der Waals surface area contributed by atoms with E-state index in [2.05, 4.69) is 34.5 Å². The number of nitrogens with zero attached hydrogens (tertiary/aromatic N) is 1. The summed E-state index contributed by atoms with van der Waals surface area (Å²) in [6.07, 6.45) is 1.81. The van der Waals surface area contributed by atoms with Gasteiger partial charge in [0.25, 0.3) is 0 Å². The number of rotatable bonds is 5. The van der Waals surface area contributed by atoms with Crippen LogP contribution in [0.2, 0.25) is 0 Å². The summed E-state index contributed by atoms with van der Waals surface area (Å²) in [5.74, 6) is 0. The number of hydrogen-bond donors (Lipinski definition) is 1. The topological polar surface area (TPSA) is 24.5 Å². The van der Waals surface area contributed by atoms with Crippen molar-refractivity contribution in [2.45, 2.75) is 27.0 Å². The smallest absolute Gasteiger partial charge is 0.112 e. The molecule has 1 aromatic carbocycles. The molecule has 104 valence electrons. The van der Waals surface area contributed by atoms with E-state index in [1.807, 2.05) is 20.1 Å². The molecule has 0 atom stereocenters. The molecule has 0 unspecified atom stereocenters. The van der Waals surface area contributed by atoms with Gasteiger partial charge in [-0.1, -0.05) is 24.3 Å². The monoisotopic (exact) mass is 260 g/mol. The van der Waals surface area contributed by atoms with E-state index in [4.69, 9.17) is 4.74 Å². The average Bonchev–Trinajstić information content (AvgIpc) is 2.42. The van der Waals surface area contributed by atoms with Gasteiger partial charge in [-0.05, 0) is 30.5 Å². The molecule has 0 saturated carbocycles. The lowest BCUT2D eigenvalue weighted by molar-refractivity contribution is 0.231. The summed E-state index contributed by atoms with van der Waals surface area (Å²) in [5.41, 5.74) is 3.80. The lowest BCUT2D eigenvalue weighted by Crippen LogP contribution is -2.42. The largest absolute Gasteiger partial charge is 0.497 e. The van der Waals surface area contributed by atoms with Gasteiger partial charge in [0.1, 0.15) is 6.61 Å². The zero-order chi connectivity index (χ0) is 13.5. The zero-order valence-corrected chi connectivity index (χ0v) is 12.0. The maximum atomic E-state index is 5.49. The molecule has 1 fully saturated rings. The lowest BCUT2D eigenvalue weighted by Gasteiger charge is -2.27. The third-order valence-corrected chi connectivity index (χ3v) is 3.21. The van der Waals surface area contributed by atoms with Crippen molar-refractivity contribution < 1.29 is 4.74 Å². The molecule has 19 heavy (non-hydrogen) atoms. The fraction of sp³-hybridized carbons (Fsp3) is 0.500. The SMILES string of the molecule is CC(C)=COCc1ccc(CN2CCNCC2)cc1. The van der Waals surface area contributed by atoms with Crippen LogP contribution < -0.4 is 5.32 Å². The Kier molecular flexibility index (Phi) is 5.43. The first kappa shape index (κ1) is 14.1. The molecule has 1 aromatic rings. The fourth-order valence-electron chi connectivity index (χ4n) is 2.17. The Hall–Kier alpha value is -1.32. The van der Waals surface area contributed by atoms with Gasteiger partial charge in [0.2, 0.25) is 0 Å². The van der Waals surface area contributed by atoms with Crippen molar-refractivity contribution in [3.63, 3.8) is 0 Å². The van der Waals surface area contributed by atoms with E-state index in [9.17, 15) is 0 Å². The van der Waals surface area contributed by atoms with E-state index in [-0.39, 0.29) is 0 Å². The first-order valence-corrected chi connectivity index (χ1v) is 7.00. The first-order valence-electron chi connectivity index (χ1n) is 7.00. The fourth-order valence-corrected chi connectivity index (χ4v) is 2.17. The van der Waals surface area contributed by atoms with Gasteiger partial charge in [-0.2, -0.15) is 0 Å². The van der Waals surface area contributed by atoms with E-state index in [0.29, 0.717) is 6.61 Å². The van der Waals surface area contributed by atoms with Crippen LogP contribution in [0.1, 0.15) is 25.0 Å². The Morgan fingerprint density at radius 3 is 2.42 bits per heavy atom. The Morgan fingerprint density at radius 1 is 1.16 bits per heavy atom. The molecule has 1 N–H and O–H groups in total. The van der Waals surface area contributed by atoms with Crippen LogP contribution in [-0.2, 0) is 17.9 Å². The Labute approximate surface area is 116 Å². The Morgan fingerprint density at radius 2 is 1.79 bits per heavy atom. The van der Waals surface area contributed by atoms with Gasteiger partial charge < -0.3 is 10.1 Å². The number of hydrogen-bond acceptors (Lipinski definition) is 3. The van der Waals surface area contributed by atoms with Crippen molar-refractivity contribution in [3.05, 3.63) is 47.2 Å². The molecule has 2 rings (SSSR count). The minimum Gasteiger partial charge on any atom is -0.497 e. The van der Waals surface area contributed by atoms with Crippen molar-refractivity contribution >= 4 is 0 Å². The van der Waals surface area contributed by atoms with Gasteiger partial charge in [0, 0.05) is 32.7 Å².